The van der Waals surface area contributed by atoms with Crippen LogP contribution in [0.15, 0.2) is 11.8 Å². The summed E-state index contributed by atoms with van der Waals surface area (Å²) in [6.45, 7) is 1.21. The smallest absolute Gasteiger partial charge is 0.0144 e. The molecule has 1 heteroatoms. The van der Waals surface area contributed by atoms with E-state index in [2.05, 4.69) is 11.4 Å². The number of rotatable bonds is 0. The Morgan fingerprint density at radius 1 is 1.30 bits per heavy atom. The Morgan fingerprint density at radius 2 is 2.20 bits per heavy atom. The lowest BCUT2D eigenvalue weighted by atomic mass is 9.86. The van der Waals surface area contributed by atoms with Crippen LogP contribution >= 0.6 is 0 Å². The molecule has 1 N–H and O–H groups in total. The van der Waals surface area contributed by atoms with Gasteiger partial charge in [-0.05, 0) is 38.0 Å². The molecule has 1 unspecified atom stereocenters. The number of hydrogen-bond donors (Lipinski definition) is 1. The van der Waals surface area contributed by atoms with Gasteiger partial charge in [0, 0.05) is 12.2 Å². The maximum Gasteiger partial charge on any atom is 0.0144 e. The van der Waals surface area contributed by atoms with Crippen molar-refractivity contribution in [2.24, 2.45) is 5.92 Å². The topological polar surface area (TPSA) is 12.0 Å². The molecule has 0 spiro atoms. The van der Waals surface area contributed by atoms with Crippen LogP contribution in [-0.2, 0) is 0 Å². The van der Waals surface area contributed by atoms with Crippen LogP contribution in [-0.4, -0.2) is 6.54 Å². The molecule has 0 aromatic heterocycles. The third-order valence-corrected chi connectivity index (χ3v) is 2.62. The van der Waals surface area contributed by atoms with Crippen molar-refractivity contribution in [1.29, 1.82) is 0 Å². The molecule has 56 valence electrons. The molecule has 1 aliphatic heterocycles. The first-order chi connectivity index (χ1) is 4.97. The Labute approximate surface area is 62.5 Å². The highest BCUT2D eigenvalue weighted by Crippen LogP contribution is 2.29. The lowest BCUT2D eigenvalue weighted by Crippen LogP contribution is -2.29. The molecular formula is C9H15N. The molecule has 1 heterocycles. The molecule has 1 aliphatic carbocycles. The molecular weight excluding hydrogens is 122 g/mol. The molecule has 1 atom stereocenters. The van der Waals surface area contributed by atoms with E-state index in [1.54, 1.807) is 5.70 Å². The third kappa shape index (κ3) is 1.05. The summed E-state index contributed by atoms with van der Waals surface area (Å²) in [7, 11) is 0. The zero-order chi connectivity index (χ0) is 6.81. The van der Waals surface area contributed by atoms with Crippen molar-refractivity contribution in [3.8, 4) is 0 Å². The first-order valence-electron chi connectivity index (χ1n) is 4.41. The average molecular weight is 137 g/mol. The molecule has 10 heavy (non-hydrogen) atoms. The lowest BCUT2D eigenvalue weighted by Gasteiger charge is -2.29. The molecule has 0 aromatic carbocycles. The summed E-state index contributed by atoms with van der Waals surface area (Å²) in [5, 5.41) is 3.48. The van der Waals surface area contributed by atoms with Crippen molar-refractivity contribution >= 4 is 0 Å². The van der Waals surface area contributed by atoms with Crippen molar-refractivity contribution in [2.75, 3.05) is 6.54 Å². The molecule has 1 nitrogen and oxygen atoms in total. The fourth-order valence-corrected chi connectivity index (χ4v) is 2.04. The van der Waals surface area contributed by atoms with Gasteiger partial charge in [0.15, 0.2) is 0 Å². The first kappa shape index (κ1) is 6.26. The lowest BCUT2D eigenvalue weighted by molar-refractivity contribution is 0.393. The van der Waals surface area contributed by atoms with E-state index >= 15 is 0 Å². The van der Waals surface area contributed by atoms with Crippen LogP contribution in [0.2, 0.25) is 0 Å². The predicted octanol–water partition coefficient (Wildman–Crippen LogP) is 2.05. The van der Waals surface area contributed by atoms with Crippen LogP contribution in [0, 0.1) is 5.92 Å². The van der Waals surface area contributed by atoms with Gasteiger partial charge in [-0.3, -0.25) is 0 Å². The van der Waals surface area contributed by atoms with Crippen molar-refractivity contribution < 1.29 is 0 Å². The van der Waals surface area contributed by atoms with Gasteiger partial charge in [-0.15, -0.1) is 0 Å². The van der Waals surface area contributed by atoms with Crippen LogP contribution in [0.25, 0.3) is 0 Å². The molecule has 2 aliphatic rings. The van der Waals surface area contributed by atoms with Crippen LogP contribution in [0.5, 0.6) is 0 Å². The fourth-order valence-electron chi connectivity index (χ4n) is 2.04. The van der Waals surface area contributed by atoms with E-state index in [4.69, 9.17) is 0 Å². The Morgan fingerprint density at radius 3 is 3.10 bits per heavy atom. The Bertz CT molecular complexity index is 149. The zero-order valence-electron chi connectivity index (χ0n) is 6.40. The Kier molecular flexibility index (Phi) is 1.66. The van der Waals surface area contributed by atoms with Gasteiger partial charge >= 0.3 is 0 Å². The zero-order valence-corrected chi connectivity index (χ0v) is 6.40. The van der Waals surface area contributed by atoms with E-state index in [1.165, 1.54) is 38.6 Å². The maximum atomic E-state index is 3.48. The van der Waals surface area contributed by atoms with E-state index in [-0.39, 0.29) is 0 Å². The van der Waals surface area contributed by atoms with Gasteiger partial charge in [0.05, 0.1) is 0 Å². The molecule has 0 aromatic rings. The molecule has 0 saturated carbocycles. The fraction of sp³-hybridized carbons (Fsp3) is 0.778. The van der Waals surface area contributed by atoms with E-state index in [0.717, 1.165) is 5.92 Å². The number of piperidine rings is 1. The molecule has 1 saturated heterocycles. The van der Waals surface area contributed by atoms with Crippen molar-refractivity contribution in [3.05, 3.63) is 11.8 Å². The summed E-state index contributed by atoms with van der Waals surface area (Å²) in [5.74, 6) is 0.905. The van der Waals surface area contributed by atoms with Crippen LogP contribution in [0.3, 0.4) is 0 Å². The Hall–Kier alpha value is -0.460. The van der Waals surface area contributed by atoms with Gasteiger partial charge in [-0.25, -0.2) is 0 Å². The molecule has 0 radical (unpaired) electrons. The molecule has 1 fully saturated rings. The quantitative estimate of drug-likeness (QED) is 0.539. The summed E-state index contributed by atoms with van der Waals surface area (Å²) in [6, 6.07) is 0. The van der Waals surface area contributed by atoms with Gasteiger partial charge in [0.2, 0.25) is 0 Å². The van der Waals surface area contributed by atoms with E-state index < -0.39 is 0 Å². The number of fused-ring (bicyclic) bond motifs is 1. The average Bonchev–Trinajstić information content (AvgIpc) is 2.05. The van der Waals surface area contributed by atoms with E-state index in [9.17, 15) is 0 Å². The normalized spacial score (nSPS) is 32.0. The van der Waals surface area contributed by atoms with Gasteiger partial charge in [0.25, 0.3) is 0 Å². The van der Waals surface area contributed by atoms with Crippen LogP contribution < -0.4 is 5.32 Å². The van der Waals surface area contributed by atoms with E-state index in [0.29, 0.717) is 0 Å². The molecule has 0 bridgehead atoms. The summed E-state index contributed by atoms with van der Waals surface area (Å²) in [5.41, 5.74) is 1.55. The third-order valence-electron chi connectivity index (χ3n) is 2.62. The minimum atomic E-state index is 0.905. The monoisotopic (exact) mass is 137 g/mol. The largest absolute Gasteiger partial charge is 0.388 e. The highest BCUT2D eigenvalue weighted by Gasteiger charge is 2.19. The van der Waals surface area contributed by atoms with Crippen molar-refractivity contribution in [2.45, 2.75) is 32.1 Å². The highest BCUT2D eigenvalue weighted by molar-refractivity contribution is 5.09. The SMILES string of the molecule is C1=C2NCCCC2CCC1. The maximum absolute atomic E-state index is 3.48. The minimum Gasteiger partial charge on any atom is -0.388 e. The summed E-state index contributed by atoms with van der Waals surface area (Å²) < 4.78 is 0. The van der Waals surface area contributed by atoms with Crippen LogP contribution in [0.4, 0.5) is 0 Å². The summed E-state index contributed by atoms with van der Waals surface area (Å²) in [6.07, 6.45) is 9.35. The molecule has 0 amide bonds. The number of nitrogens with one attached hydrogen (secondary N) is 1. The number of allylic oxidation sites excluding steroid dienone is 2. The predicted molar refractivity (Wildman–Crippen MR) is 42.7 cm³/mol. The van der Waals surface area contributed by atoms with Gasteiger partial charge in [-0.2, -0.15) is 0 Å². The second-order valence-electron chi connectivity index (χ2n) is 3.36. The number of hydrogen-bond acceptors (Lipinski definition) is 1. The van der Waals surface area contributed by atoms with Gasteiger partial charge in [-0.1, -0.05) is 6.08 Å². The van der Waals surface area contributed by atoms with Crippen molar-refractivity contribution in [1.82, 2.24) is 5.32 Å². The summed E-state index contributed by atoms with van der Waals surface area (Å²) >= 11 is 0. The van der Waals surface area contributed by atoms with Crippen LogP contribution in [0.1, 0.15) is 32.1 Å². The minimum absolute atomic E-state index is 0.905. The molecule has 2 rings (SSSR count). The van der Waals surface area contributed by atoms with Gasteiger partial charge < -0.3 is 5.32 Å². The second-order valence-corrected chi connectivity index (χ2v) is 3.36. The standard InChI is InChI=1S/C9H15N/c1-2-6-9-8(4-1)5-3-7-10-9/h6,8,10H,1-5,7H2. The second kappa shape index (κ2) is 2.65. The first-order valence-corrected chi connectivity index (χ1v) is 4.41. The summed E-state index contributed by atoms with van der Waals surface area (Å²) in [4.78, 5) is 0. The Balaban J connectivity index is 2.08. The van der Waals surface area contributed by atoms with Crippen molar-refractivity contribution in [3.63, 3.8) is 0 Å². The van der Waals surface area contributed by atoms with E-state index in [1.807, 2.05) is 0 Å². The van der Waals surface area contributed by atoms with Gasteiger partial charge in [0.1, 0.15) is 0 Å². The highest BCUT2D eigenvalue weighted by atomic mass is 14.9.